The van der Waals surface area contributed by atoms with Crippen LogP contribution in [0.4, 0.5) is 5.69 Å². The summed E-state index contributed by atoms with van der Waals surface area (Å²) in [6.07, 6.45) is 7.20. The van der Waals surface area contributed by atoms with Crippen LogP contribution in [0.15, 0.2) is 83.5 Å². The number of ether oxygens (including phenoxy) is 1. The number of aryl methyl sites for hydroxylation is 2. The molecule has 0 N–H and O–H groups in total. The van der Waals surface area contributed by atoms with Gasteiger partial charge in [0, 0.05) is 30.5 Å². The maximum absolute atomic E-state index is 6.59. The SMILES string of the molecule is CCc1c(N2CC=C(c3nc4ccc(-c5c(C)noc5C)c5c4n3[C@@H](c3ccccn3)CO5)CC2)ccc2c1Cc1ccccc1-2. The molecule has 7 heteroatoms. The molecule has 0 spiro atoms. The van der Waals surface area contributed by atoms with E-state index in [1.54, 1.807) is 0 Å². The van der Waals surface area contributed by atoms with Gasteiger partial charge in [-0.25, -0.2) is 4.98 Å². The van der Waals surface area contributed by atoms with E-state index >= 15 is 0 Å². The number of hydrogen-bond acceptors (Lipinski definition) is 6. The molecule has 2 aliphatic heterocycles. The molecule has 0 amide bonds. The van der Waals surface area contributed by atoms with E-state index in [0.717, 1.165) is 83.2 Å². The van der Waals surface area contributed by atoms with Crippen LogP contribution in [-0.2, 0) is 12.8 Å². The topological polar surface area (TPSA) is 69.2 Å². The second-order valence-electron chi connectivity index (χ2n) is 12.6. The highest BCUT2D eigenvalue weighted by Gasteiger charge is 2.34. The van der Waals surface area contributed by atoms with Crippen molar-refractivity contribution >= 4 is 22.3 Å². The molecule has 0 bridgehead atoms. The summed E-state index contributed by atoms with van der Waals surface area (Å²) in [5.74, 6) is 2.63. The van der Waals surface area contributed by atoms with E-state index in [1.807, 2.05) is 32.2 Å². The zero-order valence-corrected chi connectivity index (χ0v) is 26.4. The summed E-state index contributed by atoms with van der Waals surface area (Å²) in [5.41, 5.74) is 15.6. The van der Waals surface area contributed by atoms with Gasteiger partial charge in [0.15, 0.2) is 5.75 Å². The Labute approximate surface area is 268 Å². The average Bonchev–Trinajstić information content (AvgIpc) is 3.78. The van der Waals surface area contributed by atoms with Gasteiger partial charge in [-0.05, 0) is 96.8 Å². The Balaban J connectivity index is 1.13. The fourth-order valence-electron chi connectivity index (χ4n) is 7.97. The predicted octanol–water partition coefficient (Wildman–Crippen LogP) is 8.11. The smallest absolute Gasteiger partial charge is 0.153 e. The van der Waals surface area contributed by atoms with Crippen molar-refractivity contribution < 1.29 is 9.26 Å². The second kappa shape index (κ2) is 10.4. The zero-order chi connectivity index (χ0) is 30.9. The monoisotopic (exact) mass is 605 g/mol. The minimum atomic E-state index is -0.0856. The molecule has 3 aromatic carbocycles. The van der Waals surface area contributed by atoms with Crippen LogP contribution in [-0.4, -0.2) is 39.4 Å². The van der Waals surface area contributed by atoms with Crippen LogP contribution in [0.2, 0.25) is 0 Å². The van der Waals surface area contributed by atoms with Crippen molar-refractivity contribution in [2.45, 2.75) is 46.1 Å². The molecule has 6 aromatic rings. The lowest BCUT2D eigenvalue weighted by molar-refractivity contribution is 0.256. The summed E-state index contributed by atoms with van der Waals surface area (Å²) in [4.78, 5) is 12.6. The third-order valence-corrected chi connectivity index (χ3v) is 10.1. The van der Waals surface area contributed by atoms with Gasteiger partial charge in [0.25, 0.3) is 0 Å². The summed E-state index contributed by atoms with van der Waals surface area (Å²) in [5, 5.41) is 4.23. The van der Waals surface area contributed by atoms with Crippen LogP contribution in [0.1, 0.15) is 59.0 Å². The highest BCUT2D eigenvalue weighted by Crippen LogP contribution is 2.46. The van der Waals surface area contributed by atoms with Crippen molar-refractivity contribution in [3.8, 4) is 28.0 Å². The molecule has 0 fully saturated rings. The van der Waals surface area contributed by atoms with Gasteiger partial charge in [0.2, 0.25) is 0 Å². The van der Waals surface area contributed by atoms with Gasteiger partial charge in [0.1, 0.15) is 29.8 Å². The molecular formula is C39H35N5O2. The lowest BCUT2D eigenvalue weighted by Crippen LogP contribution is -2.31. The number of anilines is 1. The number of fused-ring (bicyclic) bond motifs is 3. The van der Waals surface area contributed by atoms with E-state index in [4.69, 9.17) is 19.2 Å². The Morgan fingerprint density at radius 3 is 2.59 bits per heavy atom. The Bertz CT molecular complexity index is 2170. The predicted molar refractivity (Wildman–Crippen MR) is 181 cm³/mol. The molecule has 5 heterocycles. The highest BCUT2D eigenvalue weighted by molar-refractivity contribution is 5.94. The van der Waals surface area contributed by atoms with Crippen LogP contribution in [0.25, 0.3) is 38.9 Å². The molecule has 0 unspecified atom stereocenters. The molecular weight excluding hydrogens is 570 g/mol. The number of rotatable bonds is 5. The van der Waals surface area contributed by atoms with E-state index in [2.05, 4.69) is 82.2 Å². The average molecular weight is 606 g/mol. The summed E-state index contributed by atoms with van der Waals surface area (Å²) >= 11 is 0. The highest BCUT2D eigenvalue weighted by atomic mass is 16.5. The quantitative estimate of drug-likeness (QED) is 0.197. The van der Waals surface area contributed by atoms with Crippen molar-refractivity contribution in [1.82, 2.24) is 19.7 Å². The first kappa shape index (κ1) is 27.2. The molecule has 0 radical (unpaired) electrons. The summed E-state index contributed by atoms with van der Waals surface area (Å²) in [7, 11) is 0. The Morgan fingerprint density at radius 1 is 0.935 bits per heavy atom. The summed E-state index contributed by atoms with van der Waals surface area (Å²) in [6.45, 7) is 8.49. The molecule has 46 heavy (non-hydrogen) atoms. The van der Waals surface area contributed by atoms with Gasteiger partial charge in [-0.1, -0.05) is 54.6 Å². The first-order chi connectivity index (χ1) is 22.6. The standard InChI is InChI=1S/C39H35N5O2/c1-4-27-31-21-26-9-5-6-10-28(26)29(31)13-15-34(27)43-19-16-25(17-20-43)39-41-33-14-12-30(36-23(2)42-46-24(36)3)38-37(33)44(39)35(22-45-38)32-11-7-8-18-40-32/h5-16,18,35H,4,17,19-22H2,1-3H3/t35-/m1/s1. The number of pyridine rings is 1. The van der Waals surface area contributed by atoms with Gasteiger partial charge in [0.05, 0.1) is 22.5 Å². The molecule has 228 valence electrons. The largest absolute Gasteiger partial charge is 0.488 e. The van der Waals surface area contributed by atoms with Gasteiger partial charge < -0.3 is 18.7 Å². The maximum atomic E-state index is 6.59. The number of nitrogens with zero attached hydrogens (tertiary/aromatic N) is 5. The summed E-state index contributed by atoms with van der Waals surface area (Å²) < 4.78 is 14.5. The normalized spacial score (nSPS) is 16.7. The van der Waals surface area contributed by atoms with Crippen LogP contribution in [0.5, 0.6) is 5.75 Å². The fourth-order valence-corrected chi connectivity index (χ4v) is 7.97. The first-order valence-corrected chi connectivity index (χ1v) is 16.3. The first-order valence-electron chi connectivity index (χ1n) is 16.3. The lowest BCUT2D eigenvalue weighted by Gasteiger charge is -2.32. The van der Waals surface area contributed by atoms with E-state index in [0.29, 0.717) is 6.61 Å². The third kappa shape index (κ3) is 4.00. The van der Waals surface area contributed by atoms with Crippen molar-refractivity contribution in [2.24, 2.45) is 0 Å². The van der Waals surface area contributed by atoms with Crippen LogP contribution >= 0.6 is 0 Å². The van der Waals surface area contributed by atoms with Crippen LogP contribution in [0, 0.1) is 13.8 Å². The number of benzene rings is 3. The molecule has 0 saturated carbocycles. The van der Waals surface area contributed by atoms with Gasteiger partial charge in [-0.3, -0.25) is 4.98 Å². The number of imidazole rings is 1. The zero-order valence-electron chi connectivity index (χ0n) is 26.4. The Hall–Kier alpha value is -5.17. The third-order valence-electron chi connectivity index (χ3n) is 10.1. The van der Waals surface area contributed by atoms with Crippen LogP contribution < -0.4 is 9.64 Å². The minimum absolute atomic E-state index is 0.0856. The van der Waals surface area contributed by atoms with Crippen molar-refractivity contribution in [1.29, 1.82) is 0 Å². The Morgan fingerprint density at radius 2 is 1.80 bits per heavy atom. The molecule has 3 aliphatic rings. The number of aromatic nitrogens is 4. The minimum Gasteiger partial charge on any atom is -0.488 e. The lowest BCUT2D eigenvalue weighted by atomic mass is 9.96. The molecule has 1 atom stereocenters. The molecule has 3 aromatic heterocycles. The van der Waals surface area contributed by atoms with Gasteiger partial charge in [-0.2, -0.15) is 0 Å². The van der Waals surface area contributed by atoms with Gasteiger partial charge in [-0.15, -0.1) is 0 Å². The van der Waals surface area contributed by atoms with Crippen LogP contribution in [0.3, 0.4) is 0 Å². The molecule has 9 rings (SSSR count). The van der Waals surface area contributed by atoms with E-state index in [9.17, 15) is 0 Å². The Kier molecular flexibility index (Phi) is 6.17. The number of hydrogen-bond donors (Lipinski definition) is 0. The van der Waals surface area contributed by atoms with Crippen molar-refractivity contribution in [3.05, 3.63) is 119 Å². The fraction of sp³-hybridized carbons (Fsp3) is 0.256. The van der Waals surface area contributed by atoms with E-state index < -0.39 is 0 Å². The van der Waals surface area contributed by atoms with Crippen molar-refractivity contribution in [3.63, 3.8) is 0 Å². The van der Waals surface area contributed by atoms with Crippen molar-refractivity contribution in [2.75, 3.05) is 24.6 Å². The van der Waals surface area contributed by atoms with E-state index in [-0.39, 0.29) is 6.04 Å². The van der Waals surface area contributed by atoms with E-state index in [1.165, 1.54) is 39.1 Å². The maximum Gasteiger partial charge on any atom is 0.153 e. The molecule has 1 aliphatic carbocycles. The summed E-state index contributed by atoms with van der Waals surface area (Å²) in [6, 6.07) is 23.8. The molecule has 0 saturated heterocycles. The second-order valence-corrected chi connectivity index (χ2v) is 12.6. The van der Waals surface area contributed by atoms with Gasteiger partial charge >= 0.3 is 0 Å². The molecule has 7 nitrogen and oxygen atoms in total.